The molecule has 0 rings (SSSR count). The van der Waals surface area contributed by atoms with Crippen molar-refractivity contribution >= 4 is 31.1 Å². The molecule has 0 spiro atoms. The minimum Gasteiger partial charge on any atom is -0.306 e. The third kappa shape index (κ3) is 2.69. The average Bonchev–Trinajstić information content (AvgIpc) is 1.87. The lowest BCUT2D eigenvalue weighted by molar-refractivity contribution is 0.569. The molecule has 0 saturated carbocycles. The van der Waals surface area contributed by atoms with Crippen LogP contribution in [-0.2, 0) is 0 Å². The van der Waals surface area contributed by atoms with Crippen molar-refractivity contribution in [2.24, 2.45) is 0 Å². The highest BCUT2D eigenvalue weighted by Gasteiger charge is 2.19. The van der Waals surface area contributed by atoms with Crippen molar-refractivity contribution in [3.63, 3.8) is 0 Å². The molecule has 0 amide bonds. The van der Waals surface area contributed by atoms with E-state index in [0.717, 1.165) is 0 Å². The first kappa shape index (κ1) is 9.25. The lowest BCUT2D eigenvalue weighted by Gasteiger charge is -2.22. The molecule has 0 fully saturated rings. The SMILES string of the molecule is CC[C](C)(CC)[Mg][Br]. The standard InChI is InChI=1S/C6H13.BrH.Mg/c1-4-6(3)5-2;;/h4-5H2,1-3H3;1H;/q;;+1/p-1. The van der Waals surface area contributed by atoms with Gasteiger partial charge in [-0.2, -0.15) is 0 Å². The minimum atomic E-state index is 0.0440. The Morgan fingerprint density at radius 3 is 1.75 bits per heavy atom. The summed E-state index contributed by atoms with van der Waals surface area (Å²) in [6.07, 6.45) is 2.67. The summed E-state index contributed by atoms with van der Waals surface area (Å²) in [6, 6.07) is 0. The number of hydrogen-bond donors (Lipinski definition) is 0. The van der Waals surface area contributed by atoms with Crippen molar-refractivity contribution < 1.29 is 0 Å². The molecular weight excluding hydrogens is 176 g/mol. The van der Waals surface area contributed by atoms with Crippen molar-refractivity contribution in [2.75, 3.05) is 0 Å². The van der Waals surface area contributed by atoms with Crippen LogP contribution in [0.25, 0.3) is 0 Å². The van der Waals surface area contributed by atoms with Crippen LogP contribution in [0, 0.1) is 0 Å². The monoisotopic (exact) mass is 188 g/mol. The van der Waals surface area contributed by atoms with E-state index in [-0.39, 0.29) is 18.2 Å². The van der Waals surface area contributed by atoms with E-state index in [1.165, 1.54) is 12.8 Å². The molecule has 0 aromatic rings. The molecule has 0 saturated heterocycles. The van der Waals surface area contributed by atoms with Gasteiger partial charge in [0.1, 0.15) is 0 Å². The van der Waals surface area contributed by atoms with Crippen molar-refractivity contribution in [3.8, 4) is 0 Å². The van der Waals surface area contributed by atoms with Crippen LogP contribution in [0.1, 0.15) is 33.6 Å². The normalized spacial score (nSPS) is 11.0. The summed E-state index contributed by atoms with van der Waals surface area (Å²) in [6.45, 7) is 6.92. The van der Waals surface area contributed by atoms with Crippen molar-refractivity contribution in [3.05, 3.63) is 0 Å². The van der Waals surface area contributed by atoms with Crippen LogP contribution in [0.3, 0.4) is 0 Å². The number of halogens is 1. The lowest BCUT2D eigenvalue weighted by Crippen LogP contribution is -2.09. The van der Waals surface area contributed by atoms with Gasteiger partial charge in [0.25, 0.3) is 0 Å². The Hall–Kier alpha value is 1.25. The van der Waals surface area contributed by atoms with Crippen LogP contribution in [0.2, 0.25) is 3.54 Å². The van der Waals surface area contributed by atoms with Gasteiger partial charge in [0.2, 0.25) is 0 Å². The molecule has 0 heterocycles. The maximum Gasteiger partial charge on any atom is 0.474 e. The maximum atomic E-state index is 3.63. The van der Waals surface area contributed by atoms with Gasteiger partial charge >= 0.3 is 18.2 Å². The van der Waals surface area contributed by atoms with E-state index in [0.29, 0.717) is 3.54 Å². The quantitative estimate of drug-likeness (QED) is 0.599. The van der Waals surface area contributed by atoms with E-state index in [2.05, 4.69) is 33.7 Å². The molecular formula is C6H13BrMg. The summed E-state index contributed by atoms with van der Waals surface area (Å²) in [5.74, 6) is 0. The molecule has 8 heavy (non-hydrogen) atoms. The van der Waals surface area contributed by atoms with Gasteiger partial charge in [0.15, 0.2) is 0 Å². The van der Waals surface area contributed by atoms with E-state index in [4.69, 9.17) is 0 Å². The van der Waals surface area contributed by atoms with Gasteiger partial charge in [-0.3, -0.25) is 0 Å². The highest BCUT2D eigenvalue weighted by atomic mass is 79.9. The van der Waals surface area contributed by atoms with E-state index in [9.17, 15) is 0 Å². The second kappa shape index (κ2) is 4.12. The van der Waals surface area contributed by atoms with Gasteiger partial charge < -0.3 is 12.9 Å². The predicted octanol–water partition coefficient (Wildman–Crippen LogP) is 3.00. The molecule has 0 bridgehead atoms. The zero-order valence-electron chi connectivity index (χ0n) is 6.00. The summed E-state index contributed by atoms with van der Waals surface area (Å²) in [4.78, 5) is 0. The Bertz CT molecular complexity index is 51.3. The first-order valence-corrected chi connectivity index (χ1v) is 7.85. The van der Waals surface area contributed by atoms with Crippen LogP contribution >= 0.6 is 12.9 Å². The fraction of sp³-hybridized carbons (Fsp3) is 1.00. The summed E-state index contributed by atoms with van der Waals surface area (Å²) >= 11 is 3.68. The molecule has 0 unspecified atom stereocenters. The molecule has 46 valence electrons. The minimum absolute atomic E-state index is 0.0440. The fourth-order valence-corrected chi connectivity index (χ4v) is 3.20. The second-order valence-electron chi connectivity index (χ2n) is 2.65. The van der Waals surface area contributed by atoms with Crippen LogP contribution in [0.4, 0.5) is 0 Å². The topological polar surface area (TPSA) is 0 Å². The van der Waals surface area contributed by atoms with Crippen LogP contribution < -0.4 is 0 Å². The Morgan fingerprint density at radius 1 is 1.38 bits per heavy atom. The van der Waals surface area contributed by atoms with E-state index in [1.54, 1.807) is 0 Å². The van der Waals surface area contributed by atoms with E-state index >= 15 is 0 Å². The zero-order chi connectivity index (χ0) is 6.62. The summed E-state index contributed by atoms with van der Waals surface area (Å²) < 4.78 is 0.681. The van der Waals surface area contributed by atoms with E-state index in [1.807, 2.05) is 0 Å². The summed E-state index contributed by atoms with van der Waals surface area (Å²) in [7, 11) is 0. The maximum absolute atomic E-state index is 3.63. The van der Waals surface area contributed by atoms with Crippen molar-refractivity contribution in [2.45, 2.75) is 37.2 Å². The molecule has 0 aliphatic rings. The van der Waals surface area contributed by atoms with Gasteiger partial charge in [-0.25, -0.2) is 0 Å². The highest BCUT2D eigenvalue weighted by Crippen LogP contribution is 2.33. The highest BCUT2D eigenvalue weighted by molar-refractivity contribution is 9.23. The number of rotatable bonds is 3. The van der Waals surface area contributed by atoms with Gasteiger partial charge in [-0.05, 0) is 0 Å². The van der Waals surface area contributed by atoms with Crippen LogP contribution in [-0.4, -0.2) is 18.2 Å². The molecule has 0 aromatic heterocycles. The Balaban J connectivity index is 3.58. The van der Waals surface area contributed by atoms with Crippen molar-refractivity contribution in [1.29, 1.82) is 0 Å². The van der Waals surface area contributed by atoms with Gasteiger partial charge in [0.05, 0.1) is 0 Å². The largest absolute Gasteiger partial charge is 0.474 e. The molecule has 0 aliphatic carbocycles. The van der Waals surface area contributed by atoms with Crippen molar-refractivity contribution in [1.82, 2.24) is 0 Å². The Labute approximate surface area is 68.0 Å². The first-order chi connectivity index (χ1) is 3.68. The molecule has 0 nitrogen and oxygen atoms in total. The molecule has 2 heteroatoms. The smallest absolute Gasteiger partial charge is 0.306 e. The molecule has 0 N–H and O–H groups in total. The zero-order valence-corrected chi connectivity index (χ0v) is 9.00. The second-order valence-corrected chi connectivity index (χ2v) is 6.31. The first-order valence-electron chi connectivity index (χ1n) is 3.24. The average molecular weight is 189 g/mol. The van der Waals surface area contributed by atoms with Crippen LogP contribution in [0.5, 0.6) is 0 Å². The van der Waals surface area contributed by atoms with Gasteiger partial charge in [0, 0.05) is 0 Å². The fourth-order valence-electron chi connectivity index (χ4n) is 0.439. The van der Waals surface area contributed by atoms with Gasteiger partial charge in [-0.1, -0.05) is 33.6 Å². The predicted molar refractivity (Wildman–Crippen MR) is 43.6 cm³/mol. The number of hydrogen-bond acceptors (Lipinski definition) is 0. The Morgan fingerprint density at radius 2 is 1.75 bits per heavy atom. The third-order valence-corrected chi connectivity index (χ3v) is 7.74. The molecule has 0 aromatic carbocycles. The lowest BCUT2D eigenvalue weighted by atomic mass is 10.1. The van der Waals surface area contributed by atoms with Crippen LogP contribution in [0.15, 0.2) is 0 Å². The summed E-state index contributed by atoms with van der Waals surface area (Å²) in [5.41, 5.74) is 0. The molecule has 0 radical (unpaired) electrons. The third-order valence-electron chi connectivity index (χ3n) is 2.03. The summed E-state index contributed by atoms with van der Waals surface area (Å²) in [5, 5.41) is 0. The van der Waals surface area contributed by atoms with E-state index < -0.39 is 0 Å². The molecule has 0 aliphatic heterocycles. The Kier molecular flexibility index (Phi) is 4.77. The van der Waals surface area contributed by atoms with Gasteiger partial charge in [-0.15, -0.1) is 3.54 Å². The molecule has 0 atom stereocenters.